The molecule has 1 atom stereocenters. The number of benzene rings is 2. The van der Waals surface area contributed by atoms with Crippen LogP contribution in [0.1, 0.15) is 30.0 Å². The van der Waals surface area contributed by atoms with Crippen LogP contribution in [0.25, 0.3) is 11.1 Å². The van der Waals surface area contributed by atoms with Gasteiger partial charge in [0.2, 0.25) is 0 Å². The molecule has 0 aromatic heterocycles. The third-order valence-corrected chi connectivity index (χ3v) is 4.32. The van der Waals surface area contributed by atoms with Crippen molar-refractivity contribution in [3.8, 4) is 11.1 Å². The van der Waals surface area contributed by atoms with Gasteiger partial charge in [-0.15, -0.1) is 0 Å². The van der Waals surface area contributed by atoms with E-state index in [1.807, 2.05) is 25.2 Å². The number of rotatable bonds is 2. The molecule has 1 N–H and O–H groups in total. The van der Waals surface area contributed by atoms with Gasteiger partial charge in [-0.3, -0.25) is 0 Å². The first-order valence-corrected chi connectivity index (χ1v) is 7.22. The van der Waals surface area contributed by atoms with E-state index in [9.17, 15) is 0 Å². The minimum atomic E-state index is 0.478. The van der Waals surface area contributed by atoms with Crippen LogP contribution in [0.2, 0.25) is 5.02 Å². The molecular formula is C17H18ClN. The molecule has 0 heterocycles. The quantitative estimate of drug-likeness (QED) is 0.841. The molecule has 3 rings (SSSR count). The Bertz CT molecular complexity index is 592. The predicted octanol–water partition coefficient (Wildman–Crippen LogP) is 4.60. The SMILES string of the molecule is CNC1CCCc2ccc(-c3ccccc3Cl)cc21. The Morgan fingerprint density at radius 2 is 2.00 bits per heavy atom. The Morgan fingerprint density at radius 1 is 1.16 bits per heavy atom. The van der Waals surface area contributed by atoms with Crippen molar-refractivity contribution in [2.45, 2.75) is 25.3 Å². The van der Waals surface area contributed by atoms with Gasteiger partial charge in [-0.1, -0.05) is 41.9 Å². The van der Waals surface area contributed by atoms with Gasteiger partial charge in [0.25, 0.3) is 0 Å². The van der Waals surface area contributed by atoms with Crippen LogP contribution in [0.5, 0.6) is 0 Å². The first-order chi connectivity index (χ1) is 9.29. The second kappa shape index (κ2) is 5.36. The topological polar surface area (TPSA) is 12.0 Å². The summed E-state index contributed by atoms with van der Waals surface area (Å²) in [6.45, 7) is 0. The lowest BCUT2D eigenvalue weighted by Crippen LogP contribution is -2.21. The van der Waals surface area contributed by atoms with Gasteiger partial charge in [0.15, 0.2) is 0 Å². The predicted molar refractivity (Wildman–Crippen MR) is 81.6 cm³/mol. The number of hydrogen-bond donors (Lipinski definition) is 1. The highest BCUT2D eigenvalue weighted by molar-refractivity contribution is 6.33. The summed E-state index contributed by atoms with van der Waals surface area (Å²) in [6, 6.07) is 15.3. The number of fused-ring (bicyclic) bond motifs is 1. The molecule has 0 fully saturated rings. The molecule has 1 aliphatic rings. The van der Waals surface area contributed by atoms with E-state index >= 15 is 0 Å². The zero-order valence-electron chi connectivity index (χ0n) is 11.1. The average molecular weight is 272 g/mol. The van der Waals surface area contributed by atoms with E-state index in [4.69, 9.17) is 11.6 Å². The lowest BCUT2D eigenvalue weighted by Gasteiger charge is -2.26. The van der Waals surface area contributed by atoms with E-state index in [-0.39, 0.29) is 0 Å². The highest BCUT2D eigenvalue weighted by Crippen LogP contribution is 2.35. The second-order valence-electron chi connectivity index (χ2n) is 5.13. The number of aryl methyl sites for hydroxylation is 1. The fourth-order valence-corrected chi connectivity index (χ4v) is 3.21. The van der Waals surface area contributed by atoms with Gasteiger partial charge in [0.05, 0.1) is 0 Å². The monoisotopic (exact) mass is 271 g/mol. The number of halogens is 1. The van der Waals surface area contributed by atoms with E-state index < -0.39 is 0 Å². The molecule has 2 aromatic carbocycles. The molecule has 0 saturated carbocycles. The summed E-state index contributed by atoms with van der Waals surface area (Å²) in [5.74, 6) is 0. The molecule has 0 amide bonds. The van der Waals surface area contributed by atoms with Gasteiger partial charge < -0.3 is 5.32 Å². The third-order valence-electron chi connectivity index (χ3n) is 3.99. The first-order valence-electron chi connectivity index (χ1n) is 6.84. The zero-order valence-corrected chi connectivity index (χ0v) is 11.9. The summed E-state index contributed by atoms with van der Waals surface area (Å²) in [4.78, 5) is 0. The van der Waals surface area contributed by atoms with E-state index in [1.54, 1.807) is 0 Å². The number of hydrogen-bond acceptors (Lipinski definition) is 1. The zero-order chi connectivity index (χ0) is 13.2. The molecule has 1 nitrogen and oxygen atoms in total. The Balaban J connectivity index is 2.08. The number of nitrogens with one attached hydrogen (secondary N) is 1. The van der Waals surface area contributed by atoms with Gasteiger partial charge in [-0.05, 0) is 55.1 Å². The van der Waals surface area contributed by atoms with Gasteiger partial charge >= 0.3 is 0 Å². The molecule has 19 heavy (non-hydrogen) atoms. The van der Waals surface area contributed by atoms with E-state index in [0.29, 0.717) is 6.04 Å². The van der Waals surface area contributed by atoms with Crippen LogP contribution in [0, 0.1) is 0 Å². The largest absolute Gasteiger partial charge is 0.313 e. The summed E-state index contributed by atoms with van der Waals surface area (Å²) in [7, 11) is 2.04. The maximum absolute atomic E-state index is 6.30. The lowest BCUT2D eigenvalue weighted by atomic mass is 9.85. The lowest BCUT2D eigenvalue weighted by molar-refractivity contribution is 0.497. The molecule has 0 radical (unpaired) electrons. The molecule has 98 valence electrons. The van der Waals surface area contributed by atoms with Crippen molar-refractivity contribution in [3.05, 3.63) is 58.6 Å². The van der Waals surface area contributed by atoms with E-state index in [0.717, 1.165) is 10.6 Å². The Morgan fingerprint density at radius 3 is 2.79 bits per heavy atom. The molecule has 0 aliphatic heterocycles. The molecule has 0 bridgehead atoms. The minimum Gasteiger partial charge on any atom is -0.313 e. The standard InChI is InChI=1S/C17H18ClN/c1-19-17-8-4-5-12-9-10-13(11-15(12)17)14-6-2-3-7-16(14)18/h2-3,6-7,9-11,17,19H,4-5,8H2,1H3. The summed E-state index contributed by atoms with van der Waals surface area (Å²) >= 11 is 6.30. The highest BCUT2D eigenvalue weighted by Gasteiger charge is 2.19. The summed E-state index contributed by atoms with van der Waals surface area (Å²) < 4.78 is 0. The van der Waals surface area contributed by atoms with Crippen molar-refractivity contribution in [1.82, 2.24) is 5.32 Å². The van der Waals surface area contributed by atoms with Gasteiger partial charge in [0, 0.05) is 16.6 Å². The van der Waals surface area contributed by atoms with Crippen LogP contribution in [0.15, 0.2) is 42.5 Å². The third kappa shape index (κ3) is 2.41. The summed E-state index contributed by atoms with van der Waals surface area (Å²) in [6.07, 6.45) is 3.68. The van der Waals surface area contributed by atoms with Crippen LogP contribution in [-0.4, -0.2) is 7.05 Å². The summed E-state index contributed by atoms with van der Waals surface area (Å²) in [5, 5.41) is 4.24. The molecule has 1 unspecified atom stereocenters. The Kier molecular flexibility index (Phi) is 3.58. The van der Waals surface area contributed by atoms with Crippen LogP contribution < -0.4 is 5.32 Å². The van der Waals surface area contributed by atoms with Gasteiger partial charge in [-0.25, -0.2) is 0 Å². The fourth-order valence-electron chi connectivity index (χ4n) is 2.96. The van der Waals surface area contributed by atoms with Crippen molar-refractivity contribution in [2.75, 3.05) is 7.05 Å². The summed E-state index contributed by atoms with van der Waals surface area (Å²) in [5.41, 5.74) is 5.24. The first kappa shape index (κ1) is 12.7. The van der Waals surface area contributed by atoms with Crippen molar-refractivity contribution >= 4 is 11.6 Å². The average Bonchev–Trinajstić information content (AvgIpc) is 2.46. The Hall–Kier alpha value is -1.31. The molecule has 0 saturated heterocycles. The molecule has 2 heteroatoms. The van der Waals surface area contributed by atoms with Crippen molar-refractivity contribution < 1.29 is 0 Å². The maximum Gasteiger partial charge on any atom is 0.0484 e. The normalized spacial score (nSPS) is 18.1. The van der Waals surface area contributed by atoms with E-state index in [2.05, 4.69) is 29.6 Å². The van der Waals surface area contributed by atoms with Crippen molar-refractivity contribution in [2.24, 2.45) is 0 Å². The minimum absolute atomic E-state index is 0.478. The highest BCUT2D eigenvalue weighted by atomic mass is 35.5. The van der Waals surface area contributed by atoms with Gasteiger partial charge in [-0.2, -0.15) is 0 Å². The second-order valence-corrected chi connectivity index (χ2v) is 5.53. The van der Waals surface area contributed by atoms with Crippen LogP contribution in [0.4, 0.5) is 0 Å². The Labute approximate surface area is 119 Å². The smallest absolute Gasteiger partial charge is 0.0484 e. The van der Waals surface area contributed by atoms with Crippen molar-refractivity contribution in [1.29, 1.82) is 0 Å². The molecule has 2 aromatic rings. The van der Waals surface area contributed by atoms with Crippen LogP contribution in [-0.2, 0) is 6.42 Å². The maximum atomic E-state index is 6.30. The van der Waals surface area contributed by atoms with Crippen LogP contribution >= 0.6 is 11.6 Å². The van der Waals surface area contributed by atoms with Crippen LogP contribution in [0.3, 0.4) is 0 Å². The molecule has 1 aliphatic carbocycles. The van der Waals surface area contributed by atoms with Gasteiger partial charge in [0.1, 0.15) is 0 Å². The van der Waals surface area contributed by atoms with Crippen molar-refractivity contribution in [3.63, 3.8) is 0 Å². The fraction of sp³-hybridized carbons (Fsp3) is 0.294. The van der Waals surface area contributed by atoms with E-state index in [1.165, 1.54) is 36.0 Å². The molecular weight excluding hydrogens is 254 g/mol. The molecule has 0 spiro atoms.